The maximum absolute atomic E-state index is 13.0. The summed E-state index contributed by atoms with van der Waals surface area (Å²) in [5.74, 6) is -1.43. The Balaban J connectivity index is 5.21. The first-order valence-corrected chi connectivity index (χ1v) is 36.6. The van der Waals surface area contributed by atoms with Crippen LogP contribution in [0, 0.1) is 5.92 Å². The summed E-state index contributed by atoms with van der Waals surface area (Å²) >= 11 is 0. The highest BCUT2D eigenvalue weighted by Gasteiger charge is 2.30. The number of carbonyl (C=O) groups is 4. The number of carbonyl (C=O) groups excluding carboxylic acids is 4. The molecule has 5 atom stereocenters. The lowest BCUT2D eigenvalue weighted by molar-refractivity contribution is -0.161. The fraction of sp³-hybridized carbons (Fsp3) is 0.938. The van der Waals surface area contributed by atoms with Gasteiger partial charge in [-0.05, 0) is 31.6 Å². The second kappa shape index (κ2) is 57.8. The van der Waals surface area contributed by atoms with Crippen LogP contribution in [0.5, 0.6) is 0 Å². The number of esters is 4. The average molecular weight is 1230 g/mol. The summed E-state index contributed by atoms with van der Waals surface area (Å²) in [5.41, 5.74) is 0. The molecule has 0 saturated carbocycles. The lowest BCUT2D eigenvalue weighted by Gasteiger charge is -2.21. The first kappa shape index (κ1) is 81.1. The van der Waals surface area contributed by atoms with Crippen LogP contribution in [-0.2, 0) is 65.4 Å². The van der Waals surface area contributed by atoms with E-state index in [0.717, 1.165) is 96.3 Å². The van der Waals surface area contributed by atoms with Gasteiger partial charge in [-0.15, -0.1) is 0 Å². The van der Waals surface area contributed by atoms with Crippen LogP contribution in [0.1, 0.15) is 324 Å². The number of aliphatic hydroxyl groups excluding tert-OH is 1. The predicted molar refractivity (Wildman–Crippen MR) is 331 cm³/mol. The van der Waals surface area contributed by atoms with Crippen molar-refractivity contribution >= 4 is 39.5 Å². The topological polar surface area (TPSA) is 237 Å². The molecule has 0 heterocycles. The van der Waals surface area contributed by atoms with Gasteiger partial charge < -0.3 is 33.8 Å². The molecule has 0 radical (unpaired) electrons. The van der Waals surface area contributed by atoms with Crippen molar-refractivity contribution in [1.29, 1.82) is 0 Å². The zero-order valence-electron chi connectivity index (χ0n) is 53.3. The molecule has 0 amide bonds. The van der Waals surface area contributed by atoms with Gasteiger partial charge in [0.25, 0.3) is 0 Å². The van der Waals surface area contributed by atoms with Crippen LogP contribution in [0.2, 0.25) is 0 Å². The van der Waals surface area contributed by atoms with E-state index in [-0.39, 0.29) is 25.7 Å². The first-order valence-electron chi connectivity index (χ1n) is 33.6. The Morgan fingerprint density at radius 2 is 0.554 bits per heavy atom. The summed E-state index contributed by atoms with van der Waals surface area (Å²) in [4.78, 5) is 72.1. The smallest absolute Gasteiger partial charge is 0.462 e. The van der Waals surface area contributed by atoms with Crippen LogP contribution < -0.4 is 0 Å². The van der Waals surface area contributed by atoms with E-state index in [0.29, 0.717) is 31.6 Å². The molecular formula is C64H124O17P2. The summed E-state index contributed by atoms with van der Waals surface area (Å²) < 4.78 is 67.9. The van der Waals surface area contributed by atoms with Gasteiger partial charge in [-0.3, -0.25) is 37.3 Å². The number of hydrogen-bond donors (Lipinski definition) is 3. The zero-order chi connectivity index (χ0) is 61.3. The molecule has 0 aliphatic rings. The summed E-state index contributed by atoms with van der Waals surface area (Å²) in [6, 6.07) is 0. The molecule has 0 aliphatic heterocycles. The fourth-order valence-corrected chi connectivity index (χ4v) is 11.2. The van der Waals surface area contributed by atoms with Crippen LogP contribution in [0.3, 0.4) is 0 Å². The molecule has 0 fully saturated rings. The Morgan fingerprint density at radius 1 is 0.325 bits per heavy atom. The largest absolute Gasteiger partial charge is 0.472 e. The SMILES string of the molecule is CCCCCCCCCCCCCCCCCC(=O)O[C@H](COC(=O)CCCCCCCCCC(C)C)COP(=O)(O)OC[C@@H](O)COP(=O)(O)OC[C@@H](COC(=O)CCCCCCCCCCC)OC(=O)CCCCCCCCCCC. The molecule has 0 aromatic heterocycles. The number of rotatable bonds is 64. The standard InChI is InChI=1S/C64H124O17P2/c1-6-9-12-15-18-21-22-23-24-25-26-29-34-40-45-50-64(69)81-60(54-75-62(67)48-43-38-35-30-31-36-41-46-57(4)5)56-79-83(72,73)77-52-58(65)51-76-82(70,71)78-55-59(80-63(68)49-44-39-33-28-20-17-14-11-8-3)53-74-61(66)47-42-37-32-27-19-16-13-10-7-2/h57-60,65H,6-56H2,1-5H3,(H,70,71)(H,72,73)/t58-,59+,60+/m0/s1. The van der Waals surface area contributed by atoms with Crippen LogP contribution >= 0.6 is 15.6 Å². The van der Waals surface area contributed by atoms with E-state index >= 15 is 0 Å². The van der Waals surface area contributed by atoms with Crippen molar-refractivity contribution < 1.29 is 80.2 Å². The Morgan fingerprint density at radius 3 is 0.819 bits per heavy atom. The third kappa shape index (κ3) is 58.8. The van der Waals surface area contributed by atoms with Crippen LogP contribution in [0.15, 0.2) is 0 Å². The van der Waals surface area contributed by atoms with Gasteiger partial charge >= 0.3 is 39.5 Å². The molecule has 492 valence electrons. The first-order chi connectivity index (χ1) is 40.0. The van der Waals surface area contributed by atoms with Crippen molar-refractivity contribution in [1.82, 2.24) is 0 Å². The van der Waals surface area contributed by atoms with E-state index in [9.17, 15) is 43.2 Å². The van der Waals surface area contributed by atoms with E-state index in [1.54, 1.807) is 0 Å². The average Bonchev–Trinajstić information content (AvgIpc) is 3.45. The molecular weight excluding hydrogens is 1100 g/mol. The maximum Gasteiger partial charge on any atom is 0.472 e. The molecule has 17 nitrogen and oxygen atoms in total. The summed E-state index contributed by atoms with van der Waals surface area (Å²) in [5, 5.41) is 10.5. The fourth-order valence-electron chi connectivity index (χ4n) is 9.58. The van der Waals surface area contributed by atoms with Crippen LogP contribution in [-0.4, -0.2) is 96.7 Å². The molecule has 0 spiro atoms. The van der Waals surface area contributed by atoms with E-state index in [4.69, 9.17) is 37.0 Å². The quantitative estimate of drug-likeness (QED) is 0.0222. The Labute approximate surface area is 505 Å². The van der Waals surface area contributed by atoms with Gasteiger partial charge in [0.1, 0.15) is 19.3 Å². The van der Waals surface area contributed by atoms with Gasteiger partial charge in [-0.1, -0.05) is 272 Å². The van der Waals surface area contributed by atoms with Crippen molar-refractivity contribution in [3.8, 4) is 0 Å². The van der Waals surface area contributed by atoms with Crippen LogP contribution in [0.25, 0.3) is 0 Å². The van der Waals surface area contributed by atoms with Gasteiger partial charge in [0, 0.05) is 25.7 Å². The van der Waals surface area contributed by atoms with Gasteiger partial charge in [0.15, 0.2) is 12.2 Å². The molecule has 0 aromatic carbocycles. The molecule has 0 bridgehead atoms. The van der Waals surface area contributed by atoms with Crippen molar-refractivity contribution in [2.75, 3.05) is 39.6 Å². The normalized spacial score (nSPS) is 14.2. The third-order valence-corrected chi connectivity index (χ3v) is 16.7. The number of phosphoric ester groups is 2. The van der Waals surface area contributed by atoms with Gasteiger partial charge in [-0.25, -0.2) is 9.13 Å². The van der Waals surface area contributed by atoms with Gasteiger partial charge in [0.05, 0.1) is 26.4 Å². The highest BCUT2D eigenvalue weighted by atomic mass is 31.2. The Kier molecular flexibility index (Phi) is 56.4. The highest BCUT2D eigenvalue weighted by Crippen LogP contribution is 2.45. The van der Waals surface area contributed by atoms with Crippen LogP contribution in [0.4, 0.5) is 0 Å². The number of aliphatic hydroxyl groups is 1. The van der Waals surface area contributed by atoms with Crippen molar-refractivity contribution in [2.45, 2.75) is 342 Å². The second-order valence-corrected chi connectivity index (χ2v) is 26.5. The number of ether oxygens (including phenoxy) is 4. The number of unbranched alkanes of at least 4 members (excludes halogenated alkanes) is 36. The third-order valence-electron chi connectivity index (χ3n) is 14.8. The lowest BCUT2D eigenvalue weighted by atomic mass is 10.0. The number of hydrogen-bond acceptors (Lipinski definition) is 15. The minimum Gasteiger partial charge on any atom is -0.462 e. The monoisotopic (exact) mass is 1230 g/mol. The van der Waals surface area contributed by atoms with E-state index in [1.165, 1.54) is 141 Å². The molecule has 0 aromatic rings. The maximum atomic E-state index is 13.0. The molecule has 83 heavy (non-hydrogen) atoms. The number of phosphoric acid groups is 2. The molecule has 19 heteroatoms. The summed E-state index contributed by atoms with van der Waals surface area (Å²) in [6.45, 7) is 7.11. The molecule has 0 aliphatic carbocycles. The van der Waals surface area contributed by atoms with Gasteiger partial charge in [0.2, 0.25) is 0 Å². The summed E-state index contributed by atoms with van der Waals surface area (Å²) in [7, 11) is -9.88. The second-order valence-electron chi connectivity index (χ2n) is 23.6. The molecule has 0 rings (SSSR count). The lowest BCUT2D eigenvalue weighted by Crippen LogP contribution is -2.30. The van der Waals surface area contributed by atoms with E-state index in [1.807, 2.05) is 0 Å². The molecule has 2 unspecified atom stereocenters. The zero-order valence-corrected chi connectivity index (χ0v) is 55.1. The Bertz CT molecular complexity index is 1620. The van der Waals surface area contributed by atoms with Crippen molar-refractivity contribution in [3.05, 3.63) is 0 Å². The van der Waals surface area contributed by atoms with E-state index in [2.05, 4.69) is 34.6 Å². The Hall–Kier alpha value is -1.94. The van der Waals surface area contributed by atoms with E-state index < -0.39 is 97.5 Å². The predicted octanol–water partition coefficient (Wildman–Crippen LogP) is 17.8. The van der Waals surface area contributed by atoms with Gasteiger partial charge in [-0.2, -0.15) is 0 Å². The minimum absolute atomic E-state index is 0.106. The molecule has 0 saturated heterocycles. The molecule has 3 N–H and O–H groups in total. The highest BCUT2D eigenvalue weighted by molar-refractivity contribution is 7.47. The van der Waals surface area contributed by atoms with Crippen molar-refractivity contribution in [3.63, 3.8) is 0 Å². The summed E-state index contributed by atoms with van der Waals surface area (Å²) in [6.07, 6.45) is 41.7. The van der Waals surface area contributed by atoms with Crippen molar-refractivity contribution in [2.24, 2.45) is 5.92 Å². The minimum atomic E-state index is -4.94.